The monoisotopic (exact) mass is 408 g/mol. The molecule has 3 rings (SSSR count). The van der Waals surface area contributed by atoms with E-state index >= 15 is 0 Å². The topological polar surface area (TPSA) is 149 Å². The molecule has 3 aromatic rings. The highest BCUT2D eigenvalue weighted by molar-refractivity contribution is 9.10. The van der Waals surface area contributed by atoms with Gasteiger partial charge < -0.3 is 19.9 Å². The summed E-state index contributed by atoms with van der Waals surface area (Å²) < 4.78 is 5.90. The number of nitro benzene ring substituents is 1. The molecule has 2 N–H and O–H groups in total. The molecule has 11 heteroatoms. The van der Waals surface area contributed by atoms with Crippen LogP contribution in [0.3, 0.4) is 0 Å². The average molecular weight is 409 g/mol. The first kappa shape index (κ1) is 16.6. The van der Waals surface area contributed by atoms with Crippen molar-refractivity contribution in [3.05, 3.63) is 49.9 Å². The van der Waals surface area contributed by atoms with E-state index in [1.54, 1.807) is 19.1 Å². The lowest BCUT2D eigenvalue weighted by Crippen LogP contribution is -2.32. The third kappa shape index (κ3) is 2.85. The van der Waals surface area contributed by atoms with E-state index in [0.717, 1.165) is 12.1 Å². The number of rotatable bonds is 3. The average Bonchev–Trinajstić information content (AvgIpc) is 3.04. The Kier molecular flexibility index (Phi) is 4.00. The molecule has 0 amide bonds. The molecule has 2 heterocycles. The second-order valence-corrected chi connectivity index (χ2v) is 5.77. The molecule has 0 radical (unpaired) electrons. The van der Waals surface area contributed by atoms with E-state index in [1.165, 1.54) is 0 Å². The van der Waals surface area contributed by atoms with Crippen molar-refractivity contribution in [3.8, 4) is 34.3 Å². The fourth-order valence-corrected chi connectivity index (χ4v) is 2.67. The fraction of sp³-hybridized carbons (Fsp3) is 0.0714. The van der Waals surface area contributed by atoms with Gasteiger partial charge >= 0.3 is 5.69 Å². The number of aryl methyl sites for hydroxylation is 1. The van der Waals surface area contributed by atoms with Gasteiger partial charge in [-0.25, -0.2) is 0 Å². The molecule has 0 unspecified atom stereocenters. The number of pyridine rings is 1. The molecule has 128 valence electrons. The molecule has 2 aromatic heterocycles. The summed E-state index contributed by atoms with van der Waals surface area (Å²) in [5.74, 6) is -1.60. The van der Waals surface area contributed by atoms with Gasteiger partial charge in [0.05, 0.1) is 4.92 Å². The molecular weight excluding hydrogens is 400 g/mol. The van der Waals surface area contributed by atoms with Crippen LogP contribution in [0.4, 0.5) is 5.69 Å². The number of aromatic hydroxyl groups is 2. The number of phenolic OH excluding ortho intramolecular Hbond substituents is 2. The normalized spacial score (nSPS) is 10.8. The van der Waals surface area contributed by atoms with E-state index in [-0.39, 0.29) is 21.9 Å². The van der Waals surface area contributed by atoms with Crippen LogP contribution in [-0.2, 0) is 0 Å². The van der Waals surface area contributed by atoms with Crippen LogP contribution in [0.5, 0.6) is 11.5 Å². The lowest BCUT2D eigenvalue weighted by atomic mass is 10.1. The molecule has 0 aliphatic rings. The van der Waals surface area contributed by atoms with Crippen molar-refractivity contribution in [3.63, 3.8) is 0 Å². The summed E-state index contributed by atoms with van der Waals surface area (Å²) in [5.41, 5.74) is 0.150. The predicted molar refractivity (Wildman–Crippen MR) is 86.6 cm³/mol. The number of benzene rings is 1. The fourth-order valence-electron chi connectivity index (χ4n) is 2.09. The van der Waals surface area contributed by atoms with Crippen LogP contribution in [0.1, 0.15) is 5.69 Å². The van der Waals surface area contributed by atoms with Crippen molar-refractivity contribution < 1.29 is 24.4 Å². The third-order valence-corrected chi connectivity index (χ3v) is 4.14. The van der Waals surface area contributed by atoms with Gasteiger partial charge in [0.25, 0.3) is 10.5 Å². The molecule has 0 saturated carbocycles. The lowest BCUT2D eigenvalue weighted by molar-refractivity contribution is -0.623. The van der Waals surface area contributed by atoms with E-state index in [4.69, 9.17) is 4.52 Å². The van der Waals surface area contributed by atoms with Crippen LogP contribution >= 0.6 is 15.9 Å². The van der Waals surface area contributed by atoms with Crippen molar-refractivity contribution in [1.29, 1.82) is 0 Å². The van der Waals surface area contributed by atoms with Crippen LogP contribution < -0.4 is 4.73 Å². The van der Waals surface area contributed by atoms with Gasteiger partial charge in [0.1, 0.15) is 5.56 Å². The number of halogens is 1. The van der Waals surface area contributed by atoms with Crippen molar-refractivity contribution in [2.75, 3.05) is 0 Å². The zero-order valence-corrected chi connectivity index (χ0v) is 14.1. The molecule has 0 saturated heterocycles. The largest absolute Gasteiger partial charge is 0.618 e. The highest BCUT2D eigenvalue weighted by Gasteiger charge is 2.23. The summed E-state index contributed by atoms with van der Waals surface area (Å²) in [6, 6.07) is 5.23. The smallest absolute Gasteiger partial charge is 0.315 e. The first-order valence-electron chi connectivity index (χ1n) is 6.73. The van der Waals surface area contributed by atoms with E-state index in [9.17, 15) is 25.5 Å². The van der Waals surface area contributed by atoms with E-state index in [1.807, 2.05) is 0 Å². The maximum atomic E-state index is 11.9. The van der Waals surface area contributed by atoms with Crippen molar-refractivity contribution in [1.82, 2.24) is 10.1 Å². The van der Waals surface area contributed by atoms with Crippen LogP contribution in [-0.4, -0.2) is 25.3 Å². The van der Waals surface area contributed by atoms with Gasteiger partial charge in [-0.1, -0.05) is 5.16 Å². The van der Waals surface area contributed by atoms with Gasteiger partial charge in [-0.2, -0.15) is 9.71 Å². The first-order valence-corrected chi connectivity index (χ1v) is 7.52. The van der Waals surface area contributed by atoms with E-state index in [0.29, 0.717) is 16.0 Å². The molecule has 1 aromatic carbocycles. The zero-order chi connectivity index (χ0) is 18.3. The summed E-state index contributed by atoms with van der Waals surface area (Å²) in [6.45, 7) is 1.62. The van der Waals surface area contributed by atoms with Crippen LogP contribution in [0, 0.1) is 22.2 Å². The Hall–Kier alpha value is -3.21. The Bertz CT molecular complexity index is 1000. The minimum atomic E-state index is -0.855. The summed E-state index contributed by atoms with van der Waals surface area (Å²) in [6.07, 6.45) is 0. The standard InChI is InChI=1S/C14H9BrN4O6/c1-6-2-3-8(12(15)18(6)22)14-16-13(17-25-14)7-4-9(19(23)24)11(21)10(20)5-7/h2-5,20-21H,1H3. The Morgan fingerprint density at radius 1 is 1.32 bits per heavy atom. The SMILES string of the molecule is Cc1ccc(-c2nc(-c3cc(O)c(O)c([N+](=O)[O-])c3)no2)c(Br)[n+]1[O-]. The third-order valence-electron chi connectivity index (χ3n) is 3.39. The number of nitrogens with zero attached hydrogens (tertiary/aromatic N) is 4. The molecule has 0 spiro atoms. The van der Waals surface area contributed by atoms with Crippen molar-refractivity contribution >= 4 is 21.6 Å². The number of aromatic nitrogens is 3. The molecule has 0 aliphatic heterocycles. The number of phenols is 2. The van der Waals surface area contributed by atoms with E-state index < -0.39 is 22.1 Å². The zero-order valence-electron chi connectivity index (χ0n) is 12.5. The molecule has 25 heavy (non-hydrogen) atoms. The highest BCUT2D eigenvalue weighted by atomic mass is 79.9. The summed E-state index contributed by atoms with van der Waals surface area (Å²) >= 11 is 3.15. The minimum Gasteiger partial charge on any atom is -0.618 e. The summed E-state index contributed by atoms with van der Waals surface area (Å²) in [7, 11) is 0. The van der Waals surface area contributed by atoms with Gasteiger partial charge in [-0.15, -0.1) is 0 Å². The van der Waals surface area contributed by atoms with Gasteiger partial charge in [0.2, 0.25) is 11.6 Å². The van der Waals surface area contributed by atoms with Gasteiger partial charge in [-0.05, 0) is 12.1 Å². The Balaban J connectivity index is 2.09. The van der Waals surface area contributed by atoms with E-state index in [2.05, 4.69) is 26.1 Å². The Labute approximate surface area is 147 Å². The first-order chi connectivity index (χ1) is 11.8. The van der Waals surface area contributed by atoms with Gasteiger partial charge in [0.15, 0.2) is 11.4 Å². The molecule has 0 atom stereocenters. The second-order valence-electron chi connectivity index (χ2n) is 5.02. The molecule has 10 nitrogen and oxygen atoms in total. The molecule has 0 aliphatic carbocycles. The summed E-state index contributed by atoms with van der Waals surface area (Å²) in [4.78, 5) is 14.2. The predicted octanol–water partition coefficient (Wildman–Crippen LogP) is 2.43. The second kappa shape index (κ2) is 6.02. The highest BCUT2D eigenvalue weighted by Crippen LogP contribution is 2.39. The maximum Gasteiger partial charge on any atom is 0.315 e. The van der Waals surface area contributed by atoms with Gasteiger partial charge in [0, 0.05) is 40.5 Å². The van der Waals surface area contributed by atoms with Crippen LogP contribution in [0.15, 0.2) is 33.4 Å². The minimum absolute atomic E-state index is 0.00157. The quantitative estimate of drug-likeness (QED) is 0.167. The molecule has 0 fully saturated rings. The number of hydrogen-bond acceptors (Lipinski definition) is 8. The van der Waals surface area contributed by atoms with Crippen molar-refractivity contribution in [2.45, 2.75) is 6.92 Å². The number of hydrogen-bond donors (Lipinski definition) is 2. The summed E-state index contributed by atoms with van der Waals surface area (Å²) in [5, 5.41) is 45.7. The molecular formula is C14H9BrN4O6. The Morgan fingerprint density at radius 3 is 2.72 bits per heavy atom. The van der Waals surface area contributed by atoms with Crippen molar-refractivity contribution in [2.24, 2.45) is 0 Å². The van der Waals surface area contributed by atoms with Crippen LogP contribution in [0.25, 0.3) is 22.8 Å². The lowest BCUT2D eigenvalue weighted by Gasteiger charge is -2.04. The Morgan fingerprint density at radius 2 is 2.04 bits per heavy atom. The van der Waals surface area contributed by atoms with Crippen LogP contribution in [0.2, 0.25) is 0 Å². The maximum absolute atomic E-state index is 11.9. The molecule has 0 bridgehead atoms. The number of nitro groups is 1. The van der Waals surface area contributed by atoms with Gasteiger partial charge in [-0.3, -0.25) is 10.1 Å².